The number of nitrogens with one attached hydrogen (secondary N) is 1. The molecule has 0 aromatic heterocycles. The highest BCUT2D eigenvalue weighted by molar-refractivity contribution is 7.89. The van der Waals surface area contributed by atoms with Crippen LogP contribution in [0.25, 0.3) is 0 Å². The van der Waals surface area contributed by atoms with E-state index in [1.54, 1.807) is 6.07 Å². The molecule has 2 aromatic rings. The molecule has 0 spiro atoms. The maximum Gasteiger partial charge on any atom is 0.211 e. The Labute approximate surface area is 212 Å². The molecule has 0 bridgehead atoms. The van der Waals surface area contributed by atoms with E-state index in [1.165, 1.54) is 6.42 Å². The van der Waals surface area contributed by atoms with Gasteiger partial charge >= 0.3 is 0 Å². The van der Waals surface area contributed by atoms with Crippen LogP contribution in [0.5, 0.6) is 0 Å². The Bertz CT molecular complexity index is 1040. The van der Waals surface area contributed by atoms with E-state index < -0.39 is 10.0 Å². The first-order chi connectivity index (χ1) is 15.8. The molecule has 33 heavy (non-hydrogen) atoms. The number of anilines is 1. The van der Waals surface area contributed by atoms with Crippen LogP contribution in [0, 0.1) is 11.8 Å². The van der Waals surface area contributed by atoms with Gasteiger partial charge in [0.15, 0.2) is 0 Å². The smallest absolute Gasteiger partial charge is 0.211 e. The summed E-state index contributed by atoms with van der Waals surface area (Å²) in [6.45, 7) is 1.19. The van der Waals surface area contributed by atoms with Gasteiger partial charge in [-0.25, -0.2) is 13.1 Å². The minimum atomic E-state index is -3.27. The minimum absolute atomic E-state index is 0.0889. The van der Waals surface area contributed by atoms with E-state index in [0.29, 0.717) is 27.5 Å². The lowest BCUT2D eigenvalue weighted by molar-refractivity contribution is 0.356. The molecule has 0 radical (unpaired) electrons. The van der Waals surface area contributed by atoms with Gasteiger partial charge in [0, 0.05) is 33.8 Å². The third kappa shape index (κ3) is 6.79. The summed E-state index contributed by atoms with van der Waals surface area (Å²) in [4.78, 5) is 2.31. The summed E-state index contributed by atoms with van der Waals surface area (Å²) in [5.41, 5.74) is 2.08. The van der Waals surface area contributed by atoms with Crippen LogP contribution in [0.15, 0.2) is 42.5 Å². The number of nitrogens with zero attached hydrogens (tertiary/aromatic N) is 1. The first kappa shape index (κ1) is 25.1. The van der Waals surface area contributed by atoms with Gasteiger partial charge in [-0.15, -0.1) is 0 Å². The van der Waals surface area contributed by atoms with E-state index in [-0.39, 0.29) is 17.7 Å². The summed E-state index contributed by atoms with van der Waals surface area (Å²) >= 11 is 18.8. The fourth-order valence-electron chi connectivity index (χ4n) is 5.19. The summed E-state index contributed by atoms with van der Waals surface area (Å²) in [6, 6.07) is 13.5. The van der Waals surface area contributed by atoms with Crippen molar-refractivity contribution in [3.05, 3.63) is 63.1 Å². The number of hydrogen-bond acceptors (Lipinski definition) is 3. The topological polar surface area (TPSA) is 49.4 Å². The van der Waals surface area contributed by atoms with Crippen molar-refractivity contribution < 1.29 is 8.42 Å². The lowest BCUT2D eigenvalue weighted by Gasteiger charge is -2.42. The van der Waals surface area contributed by atoms with Gasteiger partial charge in [-0.3, -0.25) is 0 Å². The Morgan fingerprint density at radius 1 is 0.848 bits per heavy atom. The normalized spacial score (nSPS) is 22.5. The molecule has 1 heterocycles. The maximum atomic E-state index is 12.7. The minimum Gasteiger partial charge on any atom is -0.364 e. The number of hydrogen-bond donors (Lipinski definition) is 1. The molecule has 1 unspecified atom stereocenters. The molecule has 4 nitrogen and oxygen atoms in total. The van der Waals surface area contributed by atoms with Crippen LogP contribution in [-0.2, 0) is 10.0 Å². The Morgan fingerprint density at radius 3 is 2.24 bits per heavy atom. The molecule has 2 aliphatic rings. The Kier molecular flexibility index (Phi) is 8.51. The van der Waals surface area contributed by atoms with Crippen molar-refractivity contribution >= 4 is 50.5 Å². The fourth-order valence-corrected chi connectivity index (χ4v) is 7.42. The monoisotopic (exact) mass is 528 g/mol. The molecule has 1 aliphatic carbocycles. The SMILES string of the molecule is O=S(=O)(CC1CCCCC1)NC[C@@H]1CCC(c2ccc(Cl)cc2Cl)N(c2ccc(Cl)cc2)C1. The van der Waals surface area contributed by atoms with Crippen molar-refractivity contribution in [3.63, 3.8) is 0 Å². The summed E-state index contributed by atoms with van der Waals surface area (Å²) < 4.78 is 28.4. The number of halogens is 3. The van der Waals surface area contributed by atoms with Gasteiger partial charge in [0.25, 0.3) is 0 Å². The molecule has 4 rings (SSSR count). The first-order valence-corrected chi connectivity index (χ1v) is 14.5. The summed E-state index contributed by atoms with van der Waals surface area (Å²) in [6.07, 6.45) is 7.36. The van der Waals surface area contributed by atoms with E-state index in [9.17, 15) is 8.42 Å². The van der Waals surface area contributed by atoms with Crippen LogP contribution in [0.3, 0.4) is 0 Å². The zero-order chi connectivity index (χ0) is 23.4. The van der Waals surface area contributed by atoms with Crippen molar-refractivity contribution in [1.29, 1.82) is 0 Å². The van der Waals surface area contributed by atoms with Crippen LogP contribution >= 0.6 is 34.8 Å². The second kappa shape index (κ2) is 11.2. The highest BCUT2D eigenvalue weighted by Crippen LogP contribution is 2.40. The number of benzene rings is 2. The average Bonchev–Trinajstić information content (AvgIpc) is 2.79. The van der Waals surface area contributed by atoms with Crippen LogP contribution in [-0.4, -0.2) is 27.3 Å². The van der Waals surface area contributed by atoms with Gasteiger partial charge in [0.1, 0.15) is 0 Å². The van der Waals surface area contributed by atoms with Crippen molar-refractivity contribution in [3.8, 4) is 0 Å². The van der Waals surface area contributed by atoms with Crippen molar-refractivity contribution in [1.82, 2.24) is 4.72 Å². The third-order valence-electron chi connectivity index (χ3n) is 6.93. The molecule has 8 heteroatoms. The zero-order valence-electron chi connectivity index (χ0n) is 18.7. The molecule has 2 fully saturated rings. The largest absolute Gasteiger partial charge is 0.364 e. The van der Waals surface area contributed by atoms with Crippen molar-refractivity contribution in [2.24, 2.45) is 11.8 Å². The van der Waals surface area contributed by atoms with Gasteiger partial charge in [0.05, 0.1) is 11.8 Å². The van der Waals surface area contributed by atoms with E-state index >= 15 is 0 Å². The third-order valence-corrected chi connectivity index (χ3v) is 9.26. The molecular formula is C25H31Cl3N2O2S. The molecule has 1 saturated carbocycles. The second-order valence-corrected chi connectivity index (χ2v) is 12.5. The first-order valence-electron chi connectivity index (χ1n) is 11.8. The van der Waals surface area contributed by atoms with Gasteiger partial charge in [-0.05, 0) is 79.5 Å². The quantitative estimate of drug-likeness (QED) is 0.416. The molecule has 1 saturated heterocycles. The van der Waals surface area contributed by atoms with E-state index in [1.807, 2.05) is 36.4 Å². The van der Waals surface area contributed by atoms with Crippen LogP contribution in [0.2, 0.25) is 15.1 Å². The number of piperidine rings is 1. The molecule has 2 aromatic carbocycles. The summed E-state index contributed by atoms with van der Waals surface area (Å²) in [7, 11) is -3.27. The predicted octanol–water partition coefficient (Wildman–Crippen LogP) is 7.10. The van der Waals surface area contributed by atoms with Crippen molar-refractivity contribution in [2.45, 2.75) is 51.0 Å². The standard InChI is InChI=1S/C25H31Cl3N2O2S/c26-20-7-10-22(11-8-20)30-16-19(6-13-25(30)23-12-9-21(27)14-24(23)28)15-29-33(31,32)17-18-4-2-1-3-5-18/h7-12,14,18-19,25,29H,1-6,13,15-17H2/t19-,25?/m0/s1. The van der Waals surface area contributed by atoms with Crippen LogP contribution in [0.1, 0.15) is 56.6 Å². The molecule has 180 valence electrons. The van der Waals surface area contributed by atoms with Gasteiger partial charge in [-0.2, -0.15) is 0 Å². The molecular weight excluding hydrogens is 499 g/mol. The highest BCUT2D eigenvalue weighted by atomic mass is 35.5. The summed E-state index contributed by atoms with van der Waals surface area (Å²) in [5, 5.41) is 1.95. The van der Waals surface area contributed by atoms with Crippen LogP contribution in [0.4, 0.5) is 5.69 Å². The average molecular weight is 530 g/mol. The maximum absolute atomic E-state index is 12.7. The number of rotatable bonds is 7. The molecule has 0 amide bonds. The second-order valence-electron chi connectivity index (χ2n) is 9.39. The Morgan fingerprint density at radius 2 is 1.55 bits per heavy atom. The van der Waals surface area contributed by atoms with Crippen molar-refractivity contribution in [2.75, 3.05) is 23.7 Å². The van der Waals surface area contributed by atoms with Gasteiger partial charge in [0.2, 0.25) is 10.0 Å². The Hall–Kier alpha value is -0.980. The lowest BCUT2D eigenvalue weighted by Crippen LogP contribution is -2.43. The van der Waals surface area contributed by atoms with Gasteiger partial charge < -0.3 is 4.90 Å². The van der Waals surface area contributed by atoms with E-state index in [2.05, 4.69) is 9.62 Å². The molecule has 1 N–H and O–H groups in total. The zero-order valence-corrected chi connectivity index (χ0v) is 21.7. The summed E-state index contributed by atoms with van der Waals surface area (Å²) in [5.74, 6) is 0.762. The Balaban J connectivity index is 1.47. The molecule has 2 atom stereocenters. The predicted molar refractivity (Wildman–Crippen MR) is 139 cm³/mol. The number of sulfonamides is 1. The molecule has 1 aliphatic heterocycles. The highest BCUT2D eigenvalue weighted by Gasteiger charge is 2.32. The van der Waals surface area contributed by atoms with E-state index in [4.69, 9.17) is 34.8 Å². The van der Waals surface area contributed by atoms with E-state index in [0.717, 1.165) is 56.3 Å². The van der Waals surface area contributed by atoms with Crippen LogP contribution < -0.4 is 9.62 Å². The van der Waals surface area contributed by atoms with Gasteiger partial charge in [-0.1, -0.05) is 60.1 Å². The fraction of sp³-hybridized carbons (Fsp3) is 0.520. The lowest BCUT2D eigenvalue weighted by atomic mass is 9.88.